The van der Waals surface area contributed by atoms with Crippen LogP contribution in [0.4, 0.5) is 4.39 Å². The summed E-state index contributed by atoms with van der Waals surface area (Å²) in [7, 11) is 0. The van der Waals surface area contributed by atoms with Crippen molar-refractivity contribution < 1.29 is 19.4 Å². The lowest BCUT2D eigenvalue weighted by Gasteiger charge is -1.99. The van der Waals surface area contributed by atoms with Crippen LogP contribution in [0.1, 0.15) is 11.8 Å². The summed E-state index contributed by atoms with van der Waals surface area (Å²) in [5.74, 6) is -2.85. The number of rotatable bonds is 4. The SMILES string of the molecule is CCN=NC(C(=O)O)=C(O)c1sccc1F. The molecule has 0 aliphatic heterocycles. The molecule has 0 saturated carbocycles. The summed E-state index contributed by atoms with van der Waals surface area (Å²) in [4.78, 5) is 10.6. The minimum Gasteiger partial charge on any atom is -0.504 e. The maximum atomic E-state index is 13.1. The van der Waals surface area contributed by atoms with E-state index in [0.29, 0.717) is 0 Å². The summed E-state index contributed by atoms with van der Waals surface area (Å²) in [6.45, 7) is 1.93. The van der Waals surface area contributed by atoms with Gasteiger partial charge in [0.15, 0.2) is 5.76 Å². The van der Waals surface area contributed by atoms with Gasteiger partial charge in [0, 0.05) is 0 Å². The number of hydrogen-bond acceptors (Lipinski definition) is 5. The van der Waals surface area contributed by atoms with Crippen LogP contribution >= 0.6 is 11.3 Å². The zero-order valence-corrected chi connectivity index (χ0v) is 9.16. The number of carboxylic acid groups (broad SMARTS) is 1. The molecule has 0 radical (unpaired) electrons. The van der Waals surface area contributed by atoms with E-state index in [4.69, 9.17) is 5.11 Å². The molecule has 0 atom stereocenters. The molecule has 86 valence electrons. The second-order valence-electron chi connectivity index (χ2n) is 2.66. The number of aliphatic hydroxyl groups excluding tert-OH is 1. The van der Waals surface area contributed by atoms with Crippen molar-refractivity contribution in [2.24, 2.45) is 10.2 Å². The second-order valence-corrected chi connectivity index (χ2v) is 3.57. The molecule has 1 rings (SSSR count). The van der Waals surface area contributed by atoms with Crippen molar-refractivity contribution in [2.75, 3.05) is 6.54 Å². The zero-order valence-electron chi connectivity index (χ0n) is 8.35. The first-order valence-corrected chi connectivity index (χ1v) is 5.23. The summed E-state index contributed by atoms with van der Waals surface area (Å²) in [6.07, 6.45) is 0. The van der Waals surface area contributed by atoms with Crippen molar-refractivity contribution in [3.8, 4) is 0 Å². The highest BCUT2D eigenvalue weighted by molar-refractivity contribution is 7.11. The van der Waals surface area contributed by atoms with Crippen LogP contribution in [-0.4, -0.2) is 22.7 Å². The summed E-state index contributed by atoms with van der Waals surface area (Å²) in [6, 6.07) is 1.13. The topological polar surface area (TPSA) is 82.2 Å². The molecule has 0 saturated heterocycles. The molecule has 7 heteroatoms. The van der Waals surface area contributed by atoms with Crippen molar-refractivity contribution in [2.45, 2.75) is 6.92 Å². The van der Waals surface area contributed by atoms with Crippen molar-refractivity contribution in [1.82, 2.24) is 0 Å². The van der Waals surface area contributed by atoms with Crippen LogP contribution in [-0.2, 0) is 4.79 Å². The average Bonchev–Trinajstić information content (AvgIpc) is 2.64. The number of azo groups is 1. The number of thiophene rings is 1. The third kappa shape index (κ3) is 2.63. The molecule has 0 aliphatic carbocycles. The Labute approximate surface area is 94.6 Å². The van der Waals surface area contributed by atoms with E-state index in [1.54, 1.807) is 6.92 Å². The van der Waals surface area contributed by atoms with Gasteiger partial charge in [0.1, 0.15) is 10.7 Å². The Balaban J connectivity index is 3.22. The Kier molecular flexibility index (Phi) is 4.12. The third-order valence-corrected chi connectivity index (χ3v) is 2.47. The zero-order chi connectivity index (χ0) is 12.1. The predicted octanol–water partition coefficient (Wildman–Crippen LogP) is 2.67. The number of aliphatic hydroxyl groups is 1. The molecule has 0 aliphatic rings. The molecule has 2 N–H and O–H groups in total. The average molecular weight is 244 g/mol. The monoisotopic (exact) mass is 244 g/mol. The van der Waals surface area contributed by atoms with Gasteiger partial charge < -0.3 is 10.2 Å². The highest BCUT2D eigenvalue weighted by Gasteiger charge is 2.19. The predicted molar refractivity (Wildman–Crippen MR) is 56.9 cm³/mol. The molecule has 1 heterocycles. The molecular weight excluding hydrogens is 235 g/mol. The highest BCUT2D eigenvalue weighted by Crippen LogP contribution is 2.25. The Morgan fingerprint density at radius 3 is 2.69 bits per heavy atom. The summed E-state index contributed by atoms with van der Waals surface area (Å²) in [5.41, 5.74) is -0.664. The van der Waals surface area contributed by atoms with Gasteiger partial charge in [0.05, 0.1) is 6.54 Å². The number of carbonyl (C=O) groups is 1. The van der Waals surface area contributed by atoms with Crippen molar-refractivity contribution >= 4 is 23.1 Å². The molecule has 0 aromatic carbocycles. The van der Waals surface area contributed by atoms with Crippen LogP contribution in [0.2, 0.25) is 0 Å². The molecular formula is C9H9FN2O3S. The van der Waals surface area contributed by atoms with Gasteiger partial charge in [-0.25, -0.2) is 9.18 Å². The molecule has 0 amide bonds. The van der Waals surface area contributed by atoms with Gasteiger partial charge in [-0.2, -0.15) is 5.11 Å². The fraction of sp³-hybridized carbons (Fsp3) is 0.222. The van der Waals surface area contributed by atoms with E-state index in [2.05, 4.69) is 10.2 Å². The van der Waals surface area contributed by atoms with Crippen LogP contribution in [0.3, 0.4) is 0 Å². The molecule has 0 unspecified atom stereocenters. The molecule has 1 aromatic heterocycles. The maximum absolute atomic E-state index is 13.1. The summed E-state index contributed by atoms with van der Waals surface area (Å²) >= 11 is 0.889. The lowest BCUT2D eigenvalue weighted by Crippen LogP contribution is -2.02. The Hall–Kier alpha value is -1.76. The first-order valence-electron chi connectivity index (χ1n) is 4.35. The third-order valence-electron chi connectivity index (χ3n) is 1.57. The van der Waals surface area contributed by atoms with E-state index in [1.807, 2.05) is 0 Å². The number of aliphatic carboxylic acids is 1. The quantitative estimate of drug-likeness (QED) is 0.485. The van der Waals surface area contributed by atoms with Gasteiger partial charge in [0.2, 0.25) is 5.70 Å². The normalized spacial score (nSPS) is 12.9. The van der Waals surface area contributed by atoms with Crippen molar-refractivity contribution in [3.63, 3.8) is 0 Å². The Morgan fingerprint density at radius 2 is 2.25 bits per heavy atom. The number of nitrogens with zero attached hydrogens (tertiary/aromatic N) is 2. The van der Waals surface area contributed by atoms with Crippen molar-refractivity contribution in [3.05, 3.63) is 27.8 Å². The Bertz CT molecular complexity index is 453. The van der Waals surface area contributed by atoms with Gasteiger partial charge in [-0.15, -0.1) is 16.5 Å². The molecule has 0 bridgehead atoms. The maximum Gasteiger partial charge on any atom is 0.360 e. The van der Waals surface area contributed by atoms with Crippen molar-refractivity contribution in [1.29, 1.82) is 0 Å². The van der Waals surface area contributed by atoms with Crippen LogP contribution in [0, 0.1) is 5.82 Å². The lowest BCUT2D eigenvalue weighted by molar-refractivity contribution is -0.132. The lowest BCUT2D eigenvalue weighted by atomic mass is 10.3. The summed E-state index contributed by atoms with van der Waals surface area (Å²) in [5, 5.41) is 26.5. The standard InChI is InChI=1S/C9H9FN2O3S/c1-2-11-12-6(9(14)15)7(13)8-5(10)3-4-16-8/h3-4,13H,2H2,1H3,(H,14,15). The Morgan fingerprint density at radius 1 is 1.56 bits per heavy atom. The number of halogens is 1. The fourth-order valence-electron chi connectivity index (χ4n) is 0.903. The number of hydrogen-bond donors (Lipinski definition) is 2. The highest BCUT2D eigenvalue weighted by atomic mass is 32.1. The smallest absolute Gasteiger partial charge is 0.360 e. The first kappa shape index (κ1) is 12.3. The molecule has 5 nitrogen and oxygen atoms in total. The molecule has 16 heavy (non-hydrogen) atoms. The van der Waals surface area contributed by atoms with Gasteiger partial charge in [-0.05, 0) is 18.4 Å². The fourth-order valence-corrected chi connectivity index (χ4v) is 1.62. The molecule has 0 fully saturated rings. The van der Waals surface area contributed by atoms with Crippen LogP contribution in [0.25, 0.3) is 5.76 Å². The minimum atomic E-state index is -1.46. The van der Waals surface area contributed by atoms with E-state index in [0.717, 1.165) is 17.4 Å². The molecule has 0 spiro atoms. The summed E-state index contributed by atoms with van der Waals surface area (Å²) < 4.78 is 13.1. The van der Waals surface area contributed by atoms with Gasteiger partial charge in [0.25, 0.3) is 0 Å². The van der Waals surface area contributed by atoms with Crippen LogP contribution in [0.5, 0.6) is 0 Å². The van der Waals surface area contributed by atoms with E-state index in [-0.39, 0.29) is 11.4 Å². The number of carboxylic acids is 1. The largest absolute Gasteiger partial charge is 0.504 e. The first-order chi connectivity index (χ1) is 7.57. The van der Waals surface area contributed by atoms with Gasteiger partial charge in [-0.3, -0.25) is 0 Å². The minimum absolute atomic E-state index is 0.160. The second kappa shape index (κ2) is 5.36. The van der Waals surface area contributed by atoms with Crippen LogP contribution in [0.15, 0.2) is 27.4 Å². The van der Waals surface area contributed by atoms with E-state index in [1.165, 1.54) is 5.38 Å². The van der Waals surface area contributed by atoms with E-state index in [9.17, 15) is 14.3 Å². The van der Waals surface area contributed by atoms with Crippen LogP contribution < -0.4 is 0 Å². The molecule has 1 aromatic rings. The van der Waals surface area contributed by atoms with E-state index >= 15 is 0 Å². The van der Waals surface area contributed by atoms with Gasteiger partial charge >= 0.3 is 5.97 Å². The van der Waals surface area contributed by atoms with Gasteiger partial charge in [-0.1, -0.05) is 0 Å². The van der Waals surface area contributed by atoms with E-state index < -0.39 is 23.2 Å².